The molecule has 1 atom stereocenters. The van der Waals surface area contributed by atoms with E-state index in [1.54, 1.807) is 12.2 Å². The van der Waals surface area contributed by atoms with Crippen LogP contribution in [0, 0.1) is 29.2 Å². The quantitative estimate of drug-likeness (QED) is 0.319. The van der Waals surface area contributed by atoms with Gasteiger partial charge in [-0.1, -0.05) is 23.8 Å². The molecule has 0 spiro atoms. The highest BCUT2D eigenvalue weighted by Crippen LogP contribution is 2.29. The highest BCUT2D eigenvalue weighted by molar-refractivity contribution is 5.78. The van der Waals surface area contributed by atoms with Crippen LogP contribution in [0.5, 0.6) is 5.75 Å². The van der Waals surface area contributed by atoms with E-state index in [2.05, 4.69) is 0 Å². The fourth-order valence-electron chi connectivity index (χ4n) is 2.60. The van der Waals surface area contributed by atoms with Crippen LogP contribution in [-0.2, 0) is 4.79 Å². The summed E-state index contributed by atoms with van der Waals surface area (Å²) in [6, 6.07) is 4.86. The Hall–Kier alpha value is -2.89. The van der Waals surface area contributed by atoms with Crippen molar-refractivity contribution in [3.05, 3.63) is 77.4 Å². The lowest BCUT2D eigenvalue weighted by Gasteiger charge is -2.14. The first-order chi connectivity index (χ1) is 12.3. The molecule has 26 heavy (non-hydrogen) atoms. The molecule has 6 heteroatoms. The van der Waals surface area contributed by atoms with Crippen molar-refractivity contribution in [2.75, 3.05) is 0 Å². The van der Waals surface area contributed by atoms with Crippen molar-refractivity contribution in [3.63, 3.8) is 0 Å². The molecule has 2 aromatic rings. The van der Waals surface area contributed by atoms with E-state index in [9.17, 15) is 22.4 Å². The molecule has 2 nitrogen and oxygen atoms in total. The minimum atomic E-state index is -1.62. The number of halogens is 4. The minimum absolute atomic E-state index is 0.0287. The van der Waals surface area contributed by atoms with E-state index in [1.165, 1.54) is 12.1 Å². The van der Waals surface area contributed by atoms with E-state index in [1.807, 2.05) is 13.0 Å². The predicted molar refractivity (Wildman–Crippen MR) is 88.3 cm³/mol. The smallest absolute Gasteiger partial charge is 0.318 e. The van der Waals surface area contributed by atoms with Crippen molar-refractivity contribution < 1.29 is 27.1 Å². The molecule has 2 aromatic carbocycles. The second-order valence-corrected chi connectivity index (χ2v) is 5.97. The zero-order chi connectivity index (χ0) is 18.8. The number of hydrogen-bond acceptors (Lipinski definition) is 2. The maximum absolute atomic E-state index is 14.3. The number of esters is 1. The van der Waals surface area contributed by atoms with Gasteiger partial charge in [0.2, 0.25) is 0 Å². The molecule has 0 aromatic heterocycles. The Balaban J connectivity index is 1.80. The largest absolute Gasteiger partial charge is 0.426 e. The van der Waals surface area contributed by atoms with E-state index in [0.29, 0.717) is 18.6 Å². The first-order valence-electron chi connectivity index (χ1n) is 7.86. The average Bonchev–Trinajstić information content (AvgIpc) is 2.60. The molecule has 0 saturated heterocycles. The lowest BCUT2D eigenvalue weighted by molar-refractivity contribution is -0.137. The van der Waals surface area contributed by atoms with Gasteiger partial charge in [0.25, 0.3) is 0 Å². The number of hydrogen-bond donors (Lipinski definition) is 0. The summed E-state index contributed by atoms with van der Waals surface area (Å²) < 4.78 is 59.1. The summed E-state index contributed by atoms with van der Waals surface area (Å²) >= 11 is 0. The third kappa shape index (κ3) is 3.69. The van der Waals surface area contributed by atoms with Crippen LogP contribution in [0.25, 0.3) is 11.1 Å². The molecule has 0 heterocycles. The van der Waals surface area contributed by atoms with Crippen LogP contribution in [0.4, 0.5) is 17.6 Å². The number of carbonyl (C=O) groups is 1. The molecule has 1 aliphatic carbocycles. The Morgan fingerprint density at radius 3 is 2.31 bits per heavy atom. The van der Waals surface area contributed by atoms with Gasteiger partial charge in [-0.05, 0) is 43.2 Å². The average molecular weight is 362 g/mol. The number of carbonyl (C=O) groups excluding carboxylic acids is 1. The summed E-state index contributed by atoms with van der Waals surface area (Å²) in [6.45, 7) is 1.91. The molecule has 0 amide bonds. The molecule has 0 fully saturated rings. The van der Waals surface area contributed by atoms with Gasteiger partial charge in [0.1, 0.15) is 11.6 Å². The van der Waals surface area contributed by atoms with Gasteiger partial charge < -0.3 is 4.74 Å². The summed E-state index contributed by atoms with van der Waals surface area (Å²) in [7, 11) is 0. The lowest BCUT2D eigenvalue weighted by atomic mass is 9.97. The van der Waals surface area contributed by atoms with Gasteiger partial charge in [-0.3, -0.25) is 4.79 Å². The number of benzene rings is 2. The zero-order valence-corrected chi connectivity index (χ0v) is 13.7. The van der Waals surface area contributed by atoms with Gasteiger partial charge in [0.05, 0.1) is 5.92 Å². The third-order valence-corrected chi connectivity index (χ3v) is 4.04. The molecule has 134 valence electrons. The van der Waals surface area contributed by atoms with Crippen LogP contribution in [-0.4, -0.2) is 5.97 Å². The maximum atomic E-state index is 14.3. The van der Waals surface area contributed by atoms with Gasteiger partial charge in [-0.15, -0.1) is 0 Å². The van der Waals surface area contributed by atoms with Crippen molar-refractivity contribution in [3.8, 4) is 16.9 Å². The molecule has 3 rings (SSSR count). The number of allylic oxidation sites excluding steroid dienone is 3. The number of ether oxygens (including phenoxy) is 1. The van der Waals surface area contributed by atoms with Crippen molar-refractivity contribution in [1.29, 1.82) is 0 Å². The molecular weight excluding hydrogens is 348 g/mol. The second-order valence-electron chi connectivity index (χ2n) is 5.97. The highest BCUT2D eigenvalue weighted by Gasteiger charge is 2.20. The molecule has 0 radical (unpaired) electrons. The Morgan fingerprint density at radius 1 is 1.04 bits per heavy atom. The molecule has 0 saturated carbocycles. The Kier molecular flexibility index (Phi) is 4.93. The van der Waals surface area contributed by atoms with E-state index >= 15 is 0 Å². The Morgan fingerprint density at radius 2 is 1.73 bits per heavy atom. The third-order valence-electron chi connectivity index (χ3n) is 4.04. The molecule has 0 aliphatic heterocycles. The Bertz CT molecular complexity index is 908. The Labute approximate surface area is 147 Å². The van der Waals surface area contributed by atoms with Gasteiger partial charge in [-0.2, -0.15) is 0 Å². The van der Waals surface area contributed by atoms with E-state index < -0.39 is 35.2 Å². The van der Waals surface area contributed by atoms with Gasteiger partial charge >= 0.3 is 5.97 Å². The van der Waals surface area contributed by atoms with Gasteiger partial charge in [-0.25, -0.2) is 17.6 Å². The highest BCUT2D eigenvalue weighted by atomic mass is 19.2. The molecule has 1 unspecified atom stereocenters. The first kappa shape index (κ1) is 17.9. The number of rotatable bonds is 3. The topological polar surface area (TPSA) is 26.3 Å². The van der Waals surface area contributed by atoms with Crippen molar-refractivity contribution in [2.24, 2.45) is 5.92 Å². The standard InChI is InChI=1S/C20H14F4O2/c1-11-2-4-12(5-3-11)20(25)26-14-6-7-15(16(21)10-14)13-8-17(22)19(24)18(23)9-13/h2-4,6-10,12H,5H2,1H3. The van der Waals surface area contributed by atoms with E-state index in [4.69, 9.17) is 4.74 Å². The van der Waals surface area contributed by atoms with Crippen LogP contribution >= 0.6 is 0 Å². The normalized spacial score (nSPS) is 16.3. The van der Waals surface area contributed by atoms with Crippen LogP contribution in [0.15, 0.2) is 54.1 Å². The predicted octanol–water partition coefficient (Wildman–Crippen LogP) is 5.34. The lowest BCUT2D eigenvalue weighted by Crippen LogP contribution is -2.19. The summed E-state index contributed by atoms with van der Waals surface area (Å²) in [5.41, 5.74) is 0.745. The zero-order valence-electron chi connectivity index (χ0n) is 13.7. The summed E-state index contributed by atoms with van der Waals surface area (Å²) in [6.07, 6.45) is 5.91. The van der Waals surface area contributed by atoms with Crippen LogP contribution in [0.3, 0.4) is 0 Å². The summed E-state index contributed by atoms with van der Waals surface area (Å²) in [4.78, 5) is 12.1. The van der Waals surface area contributed by atoms with Crippen molar-refractivity contribution >= 4 is 5.97 Å². The second kappa shape index (κ2) is 7.15. The van der Waals surface area contributed by atoms with Crippen molar-refractivity contribution in [2.45, 2.75) is 13.3 Å². The molecule has 0 N–H and O–H groups in total. The first-order valence-corrected chi connectivity index (χ1v) is 7.86. The summed E-state index contributed by atoms with van der Waals surface area (Å²) in [5, 5.41) is 0. The monoisotopic (exact) mass is 362 g/mol. The van der Waals surface area contributed by atoms with E-state index in [0.717, 1.165) is 11.6 Å². The molecular formula is C20H14F4O2. The van der Waals surface area contributed by atoms with Crippen LogP contribution < -0.4 is 4.74 Å². The SMILES string of the molecule is CC1=CCC(C(=O)Oc2ccc(-c3cc(F)c(F)c(F)c3)c(F)c2)C=C1. The van der Waals surface area contributed by atoms with Gasteiger partial charge in [0.15, 0.2) is 17.5 Å². The molecule has 1 aliphatic rings. The molecule has 0 bridgehead atoms. The summed E-state index contributed by atoms with van der Waals surface area (Å²) in [5.74, 6) is -6.32. The fourth-order valence-corrected chi connectivity index (χ4v) is 2.60. The van der Waals surface area contributed by atoms with E-state index in [-0.39, 0.29) is 16.9 Å². The minimum Gasteiger partial charge on any atom is -0.426 e. The maximum Gasteiger partial charge on any atom is 0.318 e. The van der Waals surface area contributed by atoms with Crippen LogP contribution in [0.2, 0.25) is 0 Å². The van der Waals surface area contributed by atoms with Crippen LogP contribution in [0.1, 0.15) is 13.3 Å². The van der Waals surface area contributed by atoms with Crippen molar-refractivity contribution in [1.82, 2.24) is 0 Å². The fraction of sp³-hybridized carbons (Fsp3) is 0.150. The van der Waals surface area contributed by atoms with Gasteiger partial charge in [0, 0.05) is 11.6 Å².